The van der Waals surface area contributed by atoms with Gasteiger partial charge in [-0.2, -0.15) is 0 Å². The lowest BCUT2D eigenvalue weighted by Gasteiger charge is -2.39. The molecule has 0 heterocycles. The summed E-state index contributed by atoms with van der Waals surface area (Å²) in [6.45, 7) is 11.6. The maximum absolute atomic E-state index is 13.4. The molecule has 120 valence electrons. The molecule has 21 heavy (non-hydrogen) atoms. The van der Waals surface area contributed by atoms with Crippen LogP contribution in [-0.2, 0) is 20.8 Å². The van der Waals surface area contributed by atoms with Crippen molar-refractivity contribution in [1.29, 1.82) is 0 Å². The van der Waals surface area contributed by atoms with Gasteiger partial charge in [0.15, 0.2) is 0 Å². The van der Waals surface area contributed by atoms with Crippen molar-refractivity contribution < 1.29 is 8.77 Å². The highest BCUT2D eigenvalue weighted by Crippen LogP contribution is 2.61. The Kier molecular flexibility index (Phi) is 5.99. The summed E-state index contributed by atoms with van der Waals surface area (Å²) in [6.07, 6.45) is 1.17. The zero-order valence-electron chi connectivity index (χ0n) is 14.0. The molecule has 5 heteroatoms. The fourth-order valence-corrected chi connectivity index (χ4v) is 6.36. The largest absolute Gasteiger partial charge is 0.321 e. The molecule has 0 amide bonds. The molecule has 0 aliphatic carbocycles. The molecule has 0 unspecified atom stereocenters. The van der Waals surface area contributed by atoms with E-state index in [1.807, 2.05) is 71.9 Å². The average Bonchev–Trinajstić information content (AvgIpc) is 2.46. The number of hydrogen-bond donors (Lipinski definition) is 1. The van der Waals surface area contributed by atoms with E-state index in [9.17, 15) is 8.77 Å². The van der Waals surface area contributed by atoms with Crippen LogP contribution in [0.5, 0.6) is 0 Å². The Morgan fingerprint density at radius 1 is 1.05 bits per heavy atom. The monoisotopic (exact) mass is 329 g/mol. The Labute approximate surface area is 131 Å². The second kappa shape index (κ2) is 6.76. The van der Waals surface area contributed by atoms with Gasteiger partial charge in [0.05, 0.1) is 15.7 Å². The summed E-state index contributed by atoms with van der Waals surface area (Å²) in [5, 5.41) is -0.768. The van der Waals surface area contributed by atoms with Crippen LogP contribution in [0.3, 0.4) is 0 Å². The smallest absolute Gasteiger partial charge is 0.111 e. The molecule has 1 aromatic rings. The maximum atomic E-state index is 13.4. The normalized spacial score (nSPS) is 17.2. The zero-order chi connectivity index (χ0) is 16.3. The van der Waals surface area contributed by atoms with Crippen LogP contribution in [0.2, 0.25) is 0 Å². The molecular weight excluding hydrogens is 301 g/mol. The van der Waals surface area contributed by atoms with Gasteiger partial charge < -0.3 is 4.57 Å². The van der Waals surface area contributed by atoms with E-state index in [2.05, 4.69) is 4.72 Å². The minimum atomic E-state index is -2.55. The summed E-state index contributed by atoms with van der Waals surface area (Å²) in [7, 11) is -3.83. The maximum Gasteiger partial charge on any atom is 0.111 e. The van der Waals surface area contributed by atoms with E-state index in [4.69, 9.17) is 0 Å². The van der Waals surface area contributed by atoms with Crippen molar-refractivity contribution in [2.45, 2.75) is 51.6 Å². The molecule has 2 atom stereocenters. The third-order valence-electron chi connectivity index (χ3n) is 4.02. The minimum Gasteiger partial charge on any atom is -0.321 e. The van der Waals surface area contributed by atoms with Gasteiger partial charge in [0, 0.05) is 12.3 Å². The molecule has 1 rings (SSSR count). The third kappa shape index (κ3) is 3.85. The minimum absolute atomic E-state index is 0.400. The molecule has 1 N–H and O–H groups in total. The van der Waals surface area contributed by atoms with Crippen LogP contribution in [0.25, 0.3) is 0 Å². The predicted molar refractivity (Wildman–Crippen MR) is 93.5 cm³/mol. The summed E-state index contributed by atoms with van der Waals surface area (Å²) < 4.78 is 28.9. The summed E-state index contributed by atoms with van der Waals surface area (Å²) in [6, 6.07) is 9.74. The highest BCUT2D eigenvalue weighted by atomic mass is 32.2. The van der Waals surface area contributed by atoms with E-state index < -0.39 is 28.2 Å². The predicted octanol–water partition coefficient (Wildman–Crippen LogP) is 4.31. The molecule has 0 aliphatic heterocycles. The molecule has 0 spiro atoms. The zero-order valence-corrected chi connectivity index (χ0v) is 15.7. The van der Waals surface area contributed by atoms with Gasteiger partial charge in [-0.3, -0.25) is 0 Å². The van der Waals surface area contributed by atoms with E-state index in [-0.39, 0.29) is 0 Å². The number of hydrogen-bond acceptors (Lipinski definition) is 2. The van der Waals surface area contributed by atoms with Gasteiger partial charge in [-0.15, -0.1) is 0 Å². The van der Waals surface area contributed by atoms with Gasteiger partial charge in [0.2, 0.25) is 0 Å². The first-order chi connectivity index (χ1) is 9.60. The van der Waals surface area contributed by atoms with E-state index >= 15 is 0 Å². The van der Waals surface area contributed by atoms with Crippen molar-refractivity contribution in [3.8, 4) is 0 Å². The molecule has 0 aliphatic rings. The second-order valence-electron chi connectivity index (χ2n) is 6.44. The lowest BCUT2D eigenvalue weighted by molar-refractivity contribution is 0.515. The van der Waals surface area contributed by atoms with Gasteiger partial charge >= 0.3 is 0 Å². The van der Waals surface area contributed by atoms with Crippen molar-refractivity contribution in [3.63, 3.8) is 0 Å². The molecule has 0 saturated carbocycles. The molecule has 3 nitrogen and oxygen atoms in total. The molecule has 0 saturated heterocycles. The fraction of sp³-hybridized carbons (Fsp3) is 0.625. The Balaban J connectivity index is 3.38. The third-order valence-corrected chi connectivity index (χ3v) is 9.92. The van der Waals surface area contributed by atoms with Crippen LogP contribution in [0, 0.1) is 0 Å². The van der Waals surface area contributed by atoms with Gasteiger partial charge in [-0.1, -0.05) is 44.2 Å². The second-order valence-corrected chi connectivity index (χ2v) is 12.3. The summed E-state index contributed by atoms with van der Waals surface area (Å²) in [5.41, 5.74) is 0.939. The first-order valence-electron chi connectivity index (χ1n) is 7.44. The van der Waals surface area contributed by atoms with Crippen molar-refractivity contribution in [1.82, 2.24) is 4.72 Å². The van der Waals surface area contributed by atoms with Crippen molar-refractivity contribution in [2.75, 3.05) is 12.3 Å². The van der Waals surface area contributed by atoms with Crippen LogP contribution in [-0.4, -0.2) is 21.3 Å². The first-order valence-corrected chi connectivity index (χ1v) is 10.7. The molecule has 0 bridgehead atoms. The van der Waals surface area contributed by atoms with Crippen molar-refractivity contribution in [3.05, 3.63) is 35.9 Å². The number of rotatable bonds is 6. The Bertz CT molecular complexity index is 531. The number of benzene rings is 1. The first kappa shape index (κ1) is 18.6. The summed E-state index contributed by atoms with van der Waals surface area (Å²) in [4.78, 5) is 0. The van der Waals surface area contributed by atoms with Crippen LogP contribution in [0.15, 0.2) is 30.3 Å². The highest BCUT2D eigenvalue weighted by molar-refractivity contribution is 7.85. The quantitative estimate of drug-likeness (QED) is 0.790. The Hall–Kier alpha value is -0.440. The summed E-state index contributed by atoms with van der Waals surface area (Å²) >= 11 is 0. The Morgan fingerprint density at radius 3 is 1.90 bits per heavy atom. The van der Waals surface area contributed by atoms with Crippen molar-refractivity contribution >= 4 is 18.1 Å². The number of nitrogens with one attached hydrogen (secondary N) is 1. The van der Waals surface area contributed by atoms with Gasteiger partial charge in [0.25, 0.3) is 0 Å². The van der Waals surface area contributed by atoms with Crippen molar-refractivity contribution in [2.24, 2.45) is 0 Å². The van der Waals surface area contributed by atoms with E-state index in [1.165, 1.54) is 0 Å². The van der Waals surface area contributed by atoms with Crippen LogP contribution in [0.4, 0.5) is 0 Å². The van der Waals surface area contributed by atoms with Gasteiger partial charge in [-0.25, -0.2) is 8.93 Å². The summed E-state index contributed by atoms with van der Waals surface area (Å²) in [5.74, 6) is 0. The lowest BCUT2D eigenvalue weighted by Crippen LogP contribution is -2.46. The Morgan fingerprint density at radius 2 is 1.52 bits per heavy atom. The van der Waals surface area contributed by atoms with Crippen LogP contribution in [0.1, 0.15) is 47.1 Å². The van der Waals surface area contributed by atoms with E-state index in [0.29, 0.717) is 12.3 Å². The highest BCUT2D eigenvalue weighted by Gasteiger charge is 2.45. The standard InChI is InChI=1S/C16H28NO2PS/c1-7-20(18,8-2)16(6,14-12-10-9-11-13-14)17-21(19)15(3,4)5/h9-13,17H,7-8H2,1-6H3/t16-,21-/m0/s1. The van der Waals surface area contributed by atoms with Crippen LogP contribution >= 0.6 is 7.14 Å². The molecule has 0 radical (unpaired) electrons. The van der Waals surface area contributed by atoms with E-state index in [0.717, 1.165) is 5.56 Å². The van der Waals surface area contributed by atoms with Gasteiger partial charge in [-0.05, 0) is 33.3 Å². The lowest BCUT2D eigenvalue weighted by atomic mass is 10.1. The molecule has 1 aromatic carbocycles. The molecular formula is C16H28NO2PS. The fourth-order valence-electron chi connectivity index (χ4n) is 2.33. The van der Waals surface area contributed by atoms with Gasteiger partial charge in [0.1, 0.15) is 12.4 Å². The van der Waals surface area contributed by atoms with E-state index in [1.54, 1.807) is 0 Å². The SMILES string of the molecule is CCP(=O)(CC)[C@](C)(N[S@@](=O)C(C)(C)C)c1ccccc1. The van der Waals surface area contributed by atoms with Crippen LogP contribution < -0.4 is 4.72 Å². The molecule has 0 fully saturated rings. The average molecular weight is 329 g/mol. The molecule has 0 aromatic heterocycles. The topological polar surface area (TPSA) is 46.2 Å².